The van der Waals surface area contributed by atoms with E-state index in [4.69, 9.17) is 9.47 Å². The third-order valence-corrected chi connectivity index (χ3v) is 4.21. The second-order valence-electron chi connectivity index (χ2n) is 6.43. The van der Waals surface area contributed by atoms with E-state index in [0.717, 1.165) is 5.56 Å². The van der Waals surface area contributed by atoms with Gasteiger partial charge in [0.25, 0.3) is 0 Å². The summed E-state index contributed by atoms with van der Waals surface area (Å²) in [6, 6.07) is 11.5. The summed E-state index contributed by atoms with van der Waals surface area (Å²) in [4.78, 5) is 49.8. The number of ether oxygens (including phenoxy) is 2. The summed E-state index contributed by atoms with van der Waals surface area (Å²) in [6.45, 7) is 1.86. The van der Waals surface area contributed by atoms with Crippen molar-refractivity contribution < 1.29 is 19.2 Å². The van der Waals surface area contributed by atoms with Crippen molar-refractivity contribution in [3.05, 3.63) is 95.8 Å². The number of H-pyrrole nitrogens is 2. The van der Waals surface area contributed by atoms with Crippen LogP contribution >= 0.6 is 0 Å². The molecule has 31 heavy (non-hydrogen) atoms. The molecule has 3 aromatic rings. The van der Waals surface area contributed by atoms with Gasteiger partial charge in [0.1, 0.15) is 5.69 Å². The number of aromatic nitrogens is 2. The van der Waals surface area contributed by atoms with Crippen molar-refractivity contribution in [2.75, 3.05) is 7.11 Å². The van der Waals surface area contributed by atoms with Gasteiger partial charge in [-0.2, -0.15) is 0 Å². The van der Waals surface area contributed by atoms with Gasteiger partial charge in [-0.25, -0.2) is 9.59 Å². The van der Waals surface area contributed by atoms with Gasteiger partial charge in [0.05, 0.1) is 17.6 Å². The lowest BCUT2D eigenvalue weighted by Gasteiger charge is -2.10. The molecule has 0 bridgehead atoms. The smallest absolute Gasteiger partial charge is 0.357 e. The van der Waals surface area contributed by atoms with Crippen LogP contribution in [0.4, 0.5) is 5.69 Å². The Morgan fingerprint density at radius 1 is 1.06 bits per heavy atom. The number of esters is 1. The molecule has 0 atom stereocenters. The van der Waals surface area contributed by atoms with E-state index in [1.54, 1.807) is 24.3 Å². The quantitative estimate of drug-likeness (QED) is 0.268. The molecule has 0 saturated carbocycles. The molecule has 158 valence electrons. The van der Waals surface area contributed by atoms with Crippen molar-refractivity contribution in [1.29, 1.82) is 0 Å². The Morgan fingerprint density at radius 3 is 2.52 bits per heavy atom. The second kappa shape index (κ2) is 8.91. The van der Waals surface area contributed by atoms with E-state index in [2.05, 4.69) is 4.98 Å². The van der Waals surface area contributed by atoms with Crippen LogP contribution in [0, 0.1) is 17.0 Å². The number of methoxy groups -OCH3 is 1. The zero-order valence-corrected chi connectivity index (χ0v) is 16.5. The van der Waals surface area contributed by atoms with Gasteiger partial charge in [-0.05, 0) is 42.8 Å². The normalized spacial score (nSPS) is 10.8. The van der Waals surface area contributed by atoms with Crippen LogP contribution in [0.15, 0.2) is 52.1 Å². The first kappa shape index (κ1) is 21.2. The Labute approximate surface area is 174 Å². The molecule has 2 aromatic carbocycles. The molecule has 0 aliphatic rings. The molecule has 1 aromatic heterocycles. The highest BCUT2D eigenvalue weighted by Crippen LogP contribution is 2.29. The lowest BCUT2D eigenvalue weighted by Crippen LogP contribution is -2.25. The van der Waals surface area contributed by atoms with E-state index in [1.165, 1.54) is 31.4 Å². The highest BCUT2D eigenvalue weighted by atomic mass is 16.6. The minimum Gasteiger partial charge on any atom is -0.493 e. The van der Waals surface area contributed by atoms with Crippen LogP contribution < -0.4 is 20.7 Å². The molecule has 0 radical (unpaired) electrons. The summed E-state index contributed by atoms with van der Waals surface area (Å²) < 4.78 is 10.7. The third-order valence-electron chi connectivity index (χ3n) is 4.21. The SMILES string of the molecule is COc1cc(/C=C/c2[nH]c(=O)[nH]c(=O)c2[N+](=O)[O-])ccc1OC(=O)c1cccc(C)c1. The largest absolute Gasteiger partial charge is 0.493 e. The molecule has 10 heteroatoms. The van der Waals surface area contributed by atoms with Gasteiger partial charge in [-0.15, -0.1) is 0 Å². The second-order valence-corrected chi connectivity index (χ2v) is 6.43. The highest BCUT2D eigenvalue weighted by Gasteiger charge is 2.19. The van der Waals surface area contributed by atoms with E-state index in [1.807, 2.05) is 18.0 Å². The van der Waals surface area contributed by atoms with Gasteiger partial charge in [0.2, 0.25) is 0 Å². The standard InChI is InChI=1S/C21H17N3O7/c1-12-4-3-5-14(10-12)20(26)31-16-9-7-13(11-17(16)30-2)6-8-15-18(24(28)29)19(25)23-21(27)22-15/h3-11H,1-2H3,(H2,22,23,25,27)/b8-6+. The third kappa shape index (κ3) is 4.93. The minimum atomic E-state index is -1.11. The number of nitrogens with zero attached hydrogens (tertiary/aromatic N) is 1. The number of hydrogen-bond acceptors (Lipinski definition) is 7. The van der Waals surface area contributed by atoms with Crippen LogP contribution in [0.5, 0.6) is 11.5 Å². The average Bonchev–Trinajstić information content (AvgIpc) is 2.72. The maximum absolute atomic E-state index is 12.4. The fraction of sp³-hybridized carbons (Fsp3) is 0.0952. The first-order chi connectivity index (χ1) is 14.8. The summed E-state index contributed by atoms with van der Waals surface area (Å²) in [6.07, 6.45) is 2.66. The van der Waals surface area contributed by atoms with Crippen LogP contribution in [0.1, 0.15) is 27.2 Å². The highest BCUT2D eigenvalue weighted by molar-refractivity contribution is 5.91. The minimum absolute atomic E-state index is 0.182. The predicted octanol–water partition coefficient (Wildman–Crippen LogP) is 2.68. The fourth-order valence-electron chi connectivity index (χ4n) is 2.78. The number of rotatable bonds is 6. The molecule has 10 nitrogen and oxygen atoms in total. The predicted molar refractivity (Wildman–Crippen MR) is 112 cm³/mol. The first-order valence-electron chi connectivity index (χ1n) is 8.94. The molecule has 2 N–H and O–H groups in total. The van der Waals surface area contributed by atoms with Crippen molar-refractivity contribution >= 4 is 23.8 Å². The van der Waals surface area contributed by atoms with Crippen LogP contribution in [0.25, 0.3) is 12.2 Å². The number of nitro groups is 1. The van der Waals surface area contributed by atoms with Crippen molar-refractivity contribution in [3.63, 3.8) is 0 Å². The monoisotopic (exact) mass is 423 g/mol. The van der Waals surface area contributed by atoms with Crippen molar-refractivity contribution in [1.82, 2.24) is 9.97 Å². The summed E-state index contributed by atoms with van der Waals surface area (Å²) in [5.41, 5.74) is -1.21. The van der Waals surface area contributed by atoms with Gasteiger partial charge in [-0.1, -0.05) is 29.8 Å². The Kier molecular flexibility index (Phi) is 6.10. The number of nitrogens with one attached hydrogen (secondary N) is 2. The molecule has 0 amide bonds. The van der Waals surface area contributed by atoms with Gasteiger partial charge in [0, 0.05) is 0 Å². The Hall–Kier alpha value is -4.47. The number of hydrogen-bond donors (Lipinski definition) is 2. The summed E-state index contributed by atoms with van der Waals surface area (Å²) in [7, 11) is 1.39. The molecular formula is C21H17N3O7. The average molecular weight is 423 g/mol. The van der Waals surface area contributed by atoms with Gasteiger partial charge >= 0.3 is 22.9 Å². The molecular weight excluding hydrogens is 406 g/mol. The molecule has 0 aliphatic carbocycles. The van der Waals surface area contributed by atoms with Gasteiger partial charge < -0.3 is 14.5 Å². The zero-order valence-electron chi connectivity index (χ0n) is 16.5. The topological polar surface area (TPSA) is 144 Å². The van der Waals surface area contributed by atoms with E-state index in [9.17, 15) is 24.5 Å². The molecule has 0 unspecified atom stereocenters. The number of carbonyl (C=O) groups excluding carboxylic acids is 1. The van der Waals surface area contributed by atoms with Crippen LogP contribution in [-0.4, -0.2) is 28.0 Å². The van der Waals surface area contributed by atoms with Crippen molar-refractivity contribution in [3.8, 4) is 11.5 Å². The molecule has 0 saturated heterocycles. The van der Waals surface area contributed by atoms with Crippen molar-refractivity contribution in [2.45, 2.75) is 6.92 Å². The summed E-state index contributed by atoms with van der Waals surface area (Å²) in [5, 5.41) is 11.1. The van der Waals surface area contributed by atoms with Crippen LogP contribution in [0.2, 0.25) is 0 Å². The lowest BCUT2D eigenvalue weighted by atomic mass is 10.1. The number of carbonyl (C=O) groups is 1. The summed E-state index contributed by atoms with van der Waals surface area (Å²) >= 11 is 0. The fourth-order valence-corrected chi connectivity index (χ4v) is 2.78. The number of aryl methyl sites for hydroxylation is 1. The van der Waals surface area contributed by atoms with E-state index < -0.39 is 27.8 Å². The summed E-state index contributed by atoms with van der Waals surface area (Å²) in [5.74, 6) is -0.124. The number of aromatic amines is 2. The molecule has 0 fully saturated rings. The van der Waals surface area contributed by atoms with Crippen LogP contribution in [-0.2, 0) is 0 Å². The molecule has 0 aliphatic heterocycles. The Morgan fingerprint density at radius 2 is 1.84 bits per heavy atom. The molecule has 3 rings (SSSR count). The zero-order chi connectivity index (χ0) is 22.5. The van der Waals surface area contributed by atoms with E-state index in [-0.39, 0.29) is 17.2 Å². The van der Waals surface area contributed by atoms with Crippen molar-refractivity contribution in [2.24, 2.45) is 0 Å². The molecule has 0 spiro atoms. The van der Waals surface area contributed by atoms with E-state index >= 15 is 0 Å². The maximum Gasteiger partial charge on any atom is 0.357 e. The molecule has 1 heterocycles. The Balaban J connectivity index is 1.89. The van der Waals surface area contributed by atoms with Gasteiger partial charge in [0.15, 0.2) is 11.5 Å². The Bertz CT molecular complexity index is 1300. The van der Waals surface area contributed by atoms with E-state index in [0.29, 0.717) is 11.1 Å². The first-order valence-corrected chi connectivity index (χ1v) is 8.94. The number of benzene rings is 2. The van der Waals surface area contributed by atoms with Crippen LogP contribution in [0.3, 0.4) is 0 Å². The van der Waals surface area contributed by atoms with Gasteiger partial charge in [-0.3, -0.25) is 19.9 Å². The maximum atomic E-state index is 12.4. The lowest BCUT2D eigenvalue weighted by molar-refractivity contribution is -0.386.